The number of alkyl halides is 2. The van der Waals surface area contributed by atoms with Crippen molar-refractivity contribution >= 4 is 26.7 Å². The van der Waals surface area contributed by atoms with Crippen LogP contribution in [0.4, 0.5) is 19.0 Å². The van der Waals surface area contributed by atoms with Gasteiger partial charge in [0.1, 0.15) is 33.4 Å². The first kappa shape index (κ1) is 33.4. The van der Waals surface area contributed by atoms with Crippen molar-refractivity contribution in [2.75, 3.05) is 36.5 Å². The average molecular weight is 671 g/mol. The lowest BCUT2D eigenvalue weighted by molar-refractivity contribution is -0.0880. The summed E-state index contributed by atoms with van der Waals surface area (Å²) in [5, 5.41) is 14.0. The Balaban J connectivity index is 1.45. The molecule has 4 aliphatic heterocycles. The van der Waals surface area contributed by atoms with Crippen LogP contribution >= 0.6 is 0 Å². The number of nitrogens with zero attached hydrogens (tertiary/aromatic N) is 5. The van der Waals surface area contributed by atoms with E-state index in [0.717, 1.165) is 32.2 Å². The van der Waals surface area contributed by atoms with E-state index >= 15 is 13.2 Å². The molecule has 2 fully saturated rings. The van der Waals surface area contributed by atoms with Gasteiger partial charge in [0, 0.05) is 23.6 Å². The fraction of sp³-hybridized carbons (Fsp3) is 0.588. The average Bonchev–Trinajstić information content (AvgIpc) is 3.05. The maximum Gasteiger partial charge on any atom is 0.278 e. The smallest absolute Gasteiger partial charge is 0.278 e. The van der Waals surface area contributed by atoms with E-state index in [2.05, 4.69) is 26.3 Å². The van der Waals surface area contributed by atoms with E-state index in [9.17, 15) is 18.5 Å². The Bertz CT molecular complexity index is 1840. The quantitative estimate of drug-likeness (QED) is 0.343. The number of aryl methyl sites for hydroxylation is 1. The zero-order valence-electron chi connectivity index (χ0n) is 26.7. The van der Waals surface area contributed by atoms with Gasteiger partial charge in [-0.25, -0.2) is 31.6 Å². The number of halogens is 3. The van der Waals surface area contributed by atoms with Crippen molar-refractivity contribution in [1.82, 2.24) is 19.4 Å². The molecule has 0 spiro atoms. The maximum absolute atomic E-state index is 16.0. The van der Waals surface area contributed by atoms with Crippen molar-refractivity contribution in [3.05, 3.63) is 63.5 Å². The highest BCUT2D eigenvalue weighted by molar-refractivity contribution is 7.91. The Hall–Kier alpha value is -3.50. The van der Waals surface area contributed by atoms with Crippen LogP contribution in [0.15, 0.2) is 35.4 Å². The molecule has 6 heterocycles. The summed E-state index contributed by atoms with van der Waals surface area (Å²) in [6.07, 6.45) is 6.25. The predicted molar refractivity (Wildman–Crippen MR) is 174 cm³/mol. The number of nitrogens with one attached hydrogen (secondary N) is 1. The van der Waals surface area contributed by atoms with Gasteiger partial charge in [-0.1, -0.05) is 37.5 Å². The first-order valence-corrected chi connectivity index (χ1v) is 18.4. The van der Waals surface area contributed by atoms with Crippen LogP contribution in [0.3, 0.4) is 0 Å². The molecule has 47 heavy (non-hydrogen) atoms. The number of nitriles is 1. The van der Waals surface area contributed by atoms with Crippen LogP contribution < -0.4 is 10.9 Å². The van der Waals surface area contributed by atoms with Crippen molar-refractivity contribution in [3.8, 4) is 6.07 Å². The minimum absolute atomic E-state index is 0.0103. The maximum atomic E-state index is 16.0. The summed E-state index contributed by atoms with van der Waals surface area (Å²) >= 11 is 0. The molecule has 2 aromatic heterocycles. The molecule has 4 aliphatic rings. The van der Waals surface area contributed by atoms with Gasteiger partial charge in [-0.05, 0) is 71.1 Å². The number of piperidine rings is 1. The molecule has 1 aromatic carbocycles. The van der Waals surface area contributed by atoms with Gasteiger partial charge < -0.3 is 10.2 Å². The summed E-state index contributed by atoms with van der Waals surface area (Å²) in [6.45, 7) is 3.93. The lowest BCUT2D eigenvalue weighted by Crippen LogP contribution is -2.41. The van der Waals surface area contributed by atoms with Gasteiger partial charge in [-0.15, -0.1) is 0 Å². The number of hydrogen-bond acceptors (Lipinski definition) is 8. The lowest BCUT2D eigenvalue weighted by atomic mass is 9.77. The Labute approximate surface area is 273 Å². The highest BCUT2D eigenvalue weighted by Gasteiger charge is 2.45. The molecule has 2 saturated heterocycles. The molecule has 1 atom stereocenters. The van der Waals surface area contributed by atoms with Crippen molar-refractivity contribution in [1.29, 1.82) is 5.26 Å². The van der Waals surface area contributed by atoms with Crippen LogP contribution in [0.5, 0.6) is 0 Å². The predicted octanol–water partition coefficient (Wildman–Crippen LogP) is 5.84. The number of hydrogen-bond donors (Lipinski definition) is 1. The van der Waals surface area contributed by atoms with Gasteiger partial charge in [0.05, 0.1) is 40.0 Å². The zero-order chi connectivity index (χ0) is 33.4. The molecule has 3 aromatic rings. The molecule has 0 radical (unpaired) electrons. The van der Waals surface area contributed by atoms with Crippen molar-refractivity contribution in [2.45, 2.75) is 88.6 Å². The molecule has 0 aliphatic carbocycles. The summed E-state index contributed by atoms with van der Waals surface area (Å²) < 4.78 is 74.0. The number of aromatic nitrogens is 3. The van der Waals surface area contributed by atoms with E-state index in [1.54, 1.807) is 17.6 Å². The molecule has 9 nitrogen and oxygen atoms in total. The number of benzene rings is 1. The Kier molecular flexibility index (Phi) is 9.37. The first-order valence-electron chi connectivity index (χ1n) is 16.6. The number of fused-ring (bicyclic) bond motifs is 9. The summed E-state index contributed by atoms with van der Waals surface area (Å²) in [5.74, 6) is -5.41. The van der Waals surface area contributed by atoms with Gasteiger partial charge in [0.15, 0.2) is 0 Å². The molecular formula is C34H41F3N6O3S. The Morgan fingerprint density at radius 2 is 1.66 bits per heavy atom. The van der Waals surface area contributed by atoms with E-state index in [4.69, 9.17) is 0 Å². The topological polar surface area (TPSA) is 121 Å². The van der Waals surface area contributed by atoms with Crippen LogP contribution in [0, 0.1) is 23.1 Å². The lowest BCUT2D eigenvalue weighted by Gasteiger charge is -2.36. The van der Waals surface area contributed by atoms with Gasteiger partial charge >= 0.3 is 0 Å². The number of sulfone groups is 1. The van der Waals surface area contributed by atoms with Crippen molar-refractivity contribution < 1.29 is 21.6 Å². The second kappa shape index (κ2) is 13.2. The second-order valence-electron chi connectivity index (χ2n) is 13.4. The summed E-state index contributed by atoms with van der Waals surface area (Å²) in [6, 6.07) is 7.13. The highest BCUT2D eigenvalue weighted by Crippen LogP contribution is 2.44. The third-order valence-corrected chi connectivity index (χ3v) is 12.1. The van der Waals surface area contributed by atoms with Crippen LogP contribution in [0.2, 0.25) is 0 Å². The summed E-state index contributed by atoms with van der Waals surface area (Å²) in [5.41, 5.74) is -1.75. The van der Waals surface area contributed by atoms with Crippen LogP contribution in [-0.2, 0) is 27.7 Å². The molecule has 252 valence electrons. The first-order chi connectivity index (χ1) is 22.5. The third-order valence-electron chi connectivity index (χ3n) is 10.5. The number of anilines is 1. The third kappa shape index (κ3) is 6.51. The van der Waals surface area contributed by atoms with E-state index in [-0.39, 0.29) is 46.9 Å². The van der Waals surface area contributed by atoms with Crippen LogP contribution in [-0.4, -0.2) is 59.0 Å². The zero-order valence-corrected chi connectivity index (χ0v) is 27.5. The van der Waals surface area contributed by atoms with E-state index in [0.29, 0.717) is 49.9 Å². The minimum atomic E-state index is -3.34. The largest absolute Gasteiger partial charge is 0.363 e. The van der Waals surface area contributed by atoms with Crippen LogP contribution in [0.1, 0.15) is 87.4 Å². The Morgan fingerprint density at radius 3 is 2.36 bits per heavy atom. The number of rotatable bonds is 1. The fourth-order valence-electron chi connectivity index (χ4n) is 7.47. The normalized spacial score (nSPS) is 26.1. The SMILES string of the molecule is C[C@@H]1Nc2ncnc3c2cc(C2(C#N)CCS(=O)(=O)CC2)c(=O)n3CCCCCCCN2CCC(CC2)C(F)(F)c2cccc1c2F. The monoisotopic (exact) mass is 670 g/mol. The van der Waals surface area contributed by atoms with E-state index < -0.39 is 44.5 Å². The molecule has 0 unspecified atom stereocenters. The summed E-state index contributed by atoms with van der Waals surface area (Å²) in [7, 11) is -3.33. The highest BCUT2D eigenvalue weighted by atomic mass is 32.2. The fourth-order valence-corrected chi connectivity index (χ4v) is 9.00. The minimum Gasteiger partial charge on any atom is -0.363 e. The molecular weight excluding hydrogens is 629 g/mol. The second-order valence-corrected chi connectivity index (χ2v) is 15.7. The molecule has 0 amide bonds. The summed E-state index contributed by atoms with van der Waals surface area (Å²) in [4.78, 5) is 25.2. The van der Waals surface area contributed by atoms with Gasteiger partial charge in [0.25, 0.3) is 11.5 Å². The standard InChI is InChI=1S/C34H41F3N6O3S/c1-23-25-8-7-9-27(29(25)35)34(36,37)24-10-16-42(17-11-24)14-5-3-2-4-6-15-43-31-26(30(41-23)39-22-40-31)20-28(32(43)44)33(21-38)12-18-47(45,46)19-13-33/h7-9,20,22-24H,2-6,10-19H2,1H3,(H,39,40,41)/t23-/m0/s1. The van der Waals surface area contributed by atoms with Gasteiger partial charge in [-0.2, -0.15) is 5.26 Å². The van der Waals surface area contributed by atoms with Crippen molar-refractivity contribution in [3.63, 3.8) is 0 Å². The van der Waals surface area contributed by atoms with Gasteiger partial charge in [0.2, 0.25) is 0 Å². The number of pyridine rings is 1. The molecule has 0 saturated carbocycles. The van der Waals surface area contributed by atoms with Gasteiger partial charge in [-0.3, -0.25) is 9.36 Å². The molecule has 7 rings (SSSR count). The van der Waals surface area contributed by atoms with E-state index in [1.807, 2.05) is 0 Å². The molecule has 8 bridgehead atoms. The Morgan fingerprint density at radius 1 is 0.979 bits per heavy atom. The molecule has 13 heteroatoms. The molecule has 1 N–H and O–H groups in total. The van der Waals surface area contributed by atoms with Crippen molar-refractivity contribution in [2.24, 2.45) is 5.92 Å². The van der Waals surface area contributed by atoms with Crippen LogP contribution in [0.25, 0.3) is 11.0 Å². The van der Waals surface area contributed by atoms with E-state index in [1.165, 1.54) is 24.5 Å².